The van der Waals surface area contributed by atoms with Gasteiger partial charge in [0.2, 0.25) is 0 Å². The maximum atomic E-state index is 14.9. The van der Waals surface area contributed by atoms with Crippen LogP contribution in [0.15, 0.2) is 35.1 Å². The van der Waals surface area contributed by atoms with Gasteiger partial charge < -0.3 is 32.1 Å². The molecule has 1 amide bonds. The molecule has 4 atom stereocenters. The minimum atomic E-state index is -1.01. The van der Waals surface area contributed by atoms with Crippen molar-refractivity contribution in [3.63, 3.8) is 0 Å². The maximum absolute atomic E-state index is 14.9. The summed E-state index contributed by atoms with van der Waals surface area (Å²) in [7, 11) is 0. The molecule has 0 bridgehead atoms. The second kappa shape index (κ2) is 8.96. The van der Waals surface area contributed by atoms with Gasteiger partial charge in [-0.25, -0.2) is 8.78 Å². The van der Waals surface area contributed by atoms with E-state index in [1.54, 1.807) is 0 Å². The van der Waals surface area contributed by atoms with E-state index in [-0.39, 0.29) is 22.3 Å². The molecule has 1 fully saturated rings. The third kappa shape index (κ3) is 4.01. The van der Waals surface area contributed by atoms with E-state index in [1.165, 1.54) is 29.3 Å². The predicted molar refractivity (Wildman–Crippen MR) is 131 cm³/mol. The number of anilines is 2. The van der Waals surface area contributed by atoms with E-state index >= 15 is 0 Å². The van der Waals surface area contributed by atoms with Crippen LogP contribution in [0.5, 0.6) is 0 Å². The number of hydrogen-bond donors (Lipinski definition) is 4. The standard InChI is InChI=1S/C24H28F2N6O2S/c1-11-7-12(27)10-31(9-11)20-13-5-6-17(33)19(13)30-8-16(20)32-21(22(28)34)23(29)35-24(32)18-14(25)3-2-4-15(18)26/h2-4,8,11-12,17,24,33H,5-7,9-10,27,29H2,1H3,(H2,28,34)/t11-,12+,17+,24?/m1/s1. The smallest absolute Gasteiger partial charge is 0.268 e. The van der Waals surface area contributed by atoms with Crippen molar-refractivity contribution in [1.29, 1.82) is 0 Å². The van der Waals surface area contributed by atoms with E-state index in [1.807, 2.05) is 0 Å². The number of halogens is 2. The summed E-state index contributed by atoms with van der Waals surface area (Å²) < 4.78 is 29.9. The molecular formula is C24H28F2N6O2S. The molecule has 1 saturated heterocycles. The van der Waals surface area contributed by atoms with Crippen LogP contribution in [-0.4, -0.2) is 35.1 Å². The highest BCUT2D eigenvalue weighted by Crippen LogP contribution is 2.53. The van der Waals surface area contributed by atoms with Gasteiger partial charge in [-0.1, -0.05) is 24.8 Å². The van der Waals surface area contributed by atoms with Gasteiger partial charge in [0.25, 0.3) is 5.91 Å². The summed E-state index contributed by atoms with van der Waals surface area (Å²) in [5, 5.41) is 9.58. The molecule has 8 nitrogen and oxygen atoms in total. The number of primary amides is 1. The number of nitrogens with two attached hydrogens (primary N) is 3. The quantitative estimate of drug-likeness (QED) is 0.501. The van der Waals surface area contributed by atoms with Gasteiger partial charge in [-0.05, 0) is 37.3 Å². The highest BCUT2D eigenvalue weighted by molar-refractivity contribution is 8.03. The van der Waals surface area contributed by atoms with Crippen LogP contribution < -0.4 is 27.0 Å². The van der Waals surface area contributed by atoms with Gasteiger partial charge in [-0.15, -0.1) is 0 Å². The monoisotopic (exact) mass is 502 g/mol. The Morgan fingerprint density at radius 2 is 1.97 bits per heavy atom. The van der Waals surface area contributed by atoms with Crippen LogP contribution >= 0.6 is 11.8 Å². The molecule has 2 aliphatic heterocycles. The van der Waals surface area contributed by atoms with Gasteiger partial charge in [-0.2, -0.15) is 0 Å². The first-order valence-corrected chi connectivity index (χ1v) is 12.4. The van der Waals surface area contributed by atoms with E-state index in [0.717, 1.165) is 29.4 Å². The van der Waals surface area contributed by atoms with E-state index in [4.69, 9.17) is 17.2 Å². The Balaban J connectivity index is 1.74. The number of amides is 1. The van der Waals surface area contributed by atoms with Crippen molar-refractivity contribution in [3.05, 3.63) is 63.6 Å². The van der Waals surface area contributed by atoms with Crippen molar-refractivity contribution in [3.8, 4) is 0 Å². The summed E-state index contributed by atoms with van der Waals surface area (Å²) in [6.07, 6.45) is 2.76. The molecule has 1 aromatic carbocycles. The molecular weight excluding hydrogens is 474 g/mol. The Labute approximate surface area is 206 Å². The van der Waals surface area contributed by atoms with Gasteiger partial charge in [-0.3, -0.25) is 9.78 Å². The zero-order chi connectivity index (χ0) is 25.0. The number of piperidine rings is 1. The Morgan fingerprint density at radius 3 is 2.63 bits per heavy atom. The number of fused-ring (bicyclic) bond motifs is 1. The van der Waals surface area contributed by atoms with E-state index in [9.17, 15) is 18.7 Å². The van der Waals surface area contributed by atoms with Crippen molar-refractivity contribution >= 4 is 29.0 Å². The third-order valence-corrected chi connectivity index (χ3v) is 7.96. The number of carbonyl (C=O) groups is 1. The number of aromatic nitrogens is 1. The van der Waals surface area contributed by atoms with Crippen LogP contribution in [0.1, 0.15) is 48.1 Å². The summed E-state index contributed by atoms with van der Waals surface area (Å²) in [4.78, 5) is 20.7. The first kappa shape index (κ1) is 23.8. The molecule has 1 unspecified atom stereocenters. The van der Waals surface area contributed by atoms with Crippen molar-refractivity contribution in [2.75, 3.05) is 22.9 Å². The molecule has 0 spiro atoms. The largest absolute Gasteiger partial charge is 0.392 e. The van der Waals surface area contributed by atoms with Crippen molar-refractivity contribution < 1.29 is 18.7 Å². The highest BCUT2D eigenvalue weighted by atomic mass is 32.2. The summed E-state index contributed by atoms with van der Waals surface area (Å²) >= 11 is 0.959. The molecule has 1 aliphatic carbocycles. The van der Waals surface area contributed by atoms with Crippen LogP contribution in [0.3, 0.4) is 0 Å². The van der Waals surface area contributed by atoms with Gasteiger partial charge in [0.05, 0.1) is 40.0 Å². The Hall–Kier alpha value is -2.89. The number of aliphatic hydroxyl groups is 1. The number of rotatable bonds is 4. The Kier molecular flexibility index (Phi) is 6.10. The highest BCUT2D eigenvalue weighted by Gasteiger charge is 2.43. The number of aliphatic hydroxyl groups excluding tert-OH is 1. The lowest BCUT2D eigenvalue weighted by Gasteiger charge is -2.40. The molecule has 2 aromatic rings. The van der Waals surface area contributed by atoms with Crippen molar-refractivity contribution in [1.82, 2.24) is 4.98 Å². The van der Waals surface area contributed by atoms with Crippen LogP contribution in [0.25, 0.3) is 0 Å². The summed E-state index contributed by atoms with van der Waals surface area (Å²) in [5.41, 5.74) is 20.6. The molecule has 1 aromatic heterocycles. The van der Waals surface area contributed by atoms with Crippen LogP contribution in [-0.2, 0) is 11.2 Å². The first-order chi connectivity index (χ1) is 16.7. The summed E-state index contributed by atoms with van der Waals surface area (Å²) in [6, 6.07) is 3.54. The molecule has 35 heavy (non-hydrogen) atoms. The average Bonchev–Trinajstić information content (AvgIpc) is 3.32. The van der Waals surface area contributed by atoms with Crippen LogP contribution in [0.4, 0.5) is 20.2 Å². The fraction of sp³-hybridized carbons (Fsp3) is 0.417. The van der Waals surface area contributed by atoms with Crippen molar-refractivity contribution in [2.45, 2.75) is 43.7 Å². The van der Waals surface area contributed by atoms with E-state index < -0.39 is 29.0 Å². The molecule has 3 heterocycles. The zero-order valence-electron chi connectivity index (χ0n) is 19.2. The molecule has 3 aliphatic rings. The van der Waals surface area contributed by atoms with Gasteiger partial charge in [0.15, 0.2) is 0 Å². The second-order valence-electron chi connectivity index (χ2n) is 9.47. The lowest BCUT2D eigenvalue weighted by molar-refractivity contribution is -0.114. The Bertz CT molecular complexity index is 1190. The number of hydrogen-bond acceptors (Lipinski definition) is 8. The molecule has 0 radical (unpaired) electrons. The summed E-state index contributed by atoms with van der Waals surface area (Å²) in [6.45, 7) is 3.35. The summed E-state index contributed by atoms with van der Waals surface area (Å²) in [5.74, 6) is -2.04. The molecule has 186 valence electrons. The van der Waals surface area contributed by atoms with Gasteiger partial charge in [0.1, 0.15) is 22.7 Å². The lowest BCUT2D eigenvalue weighted by atomic mass is 9.95. The van der Waals surface area contributed by atoms with Crippen LogP contribution in [0.2, 0.25) is 0 Å². The SMILES string of the molecule is C[C@@H]1C[C@H](N)CN(c2c(N3C(C(N)=O)=C(N)SC3c3c(F)cccc3F)cnc3c2CC[C@@H]3O)C1. The minimum absolute atomic E-state index is 0.0430. The zero-order valence-corrected chi connectivity index (χ0v) is 20.1. The lowest BCUT2D eigenvalue weighted by Crippen LogP contribution is -2.47. The minimum Gasteiger partial charge on any atom is -0.392 e. The normalized spacial score (nSPS) is 26.4. The maximum Gasteiger partial charge on any atom is 0.268 e. The number of pyridine rings is 1. The Morgan fingerprint density at radius 1 is 1.26 bits per heavy atom. The fourth-order valence-corrected chi connectivity index (χ4v) is 6.71. The van der Waals surface area contributed by atoms with Crippen molar-refractivity contribution in [2.24, 2.45) is 23.1 Å². The number of thioether (sulfide) groups is 1. The fourth-order valence-electron chi connectivity index (χ4n) is 5.49. The number of benzene rings is 1. The predicted octanol–water partition coefficient (Wildman–Crippen LogP) is 2.38. The molecule has 0 saturated carbocycles. The second-order valence-corrected chi connectivity index (χ2v) is 10.6. The first-order valence-electron chi connectivity index (χ1n) is 11.6. The van der Waals surface area contributed by atoms with Gasteiger partial charge >= 0.3 is 0 Å². The number of carbonyl (C=O) groups excluding carboxylic acids is 1. The third-order valence-electron chi connectivity index (χ3n) is 6.84. The van der Waals surface area contributed by atoms with Crippen LogP contribution in [0, 0.1) is 17.6 Å². The molecule has 5 rings (SSSR count). The van der Waals surface area contributed by atoms with Gasteiger partial charge in [0, 0.05) is 24.7 Å². The van der Waals surface area contributed by atoms with E-state index in [2.05, 4.69) is 16.8 Å². The molecule has 7 N–H and O–H groups in total. The average molecular weight is 503 g/mol. The topological polar surface area (TPSA) is 135 Å². The van der Waals surface area contributed by atoms with E-state index in [0.29, 0.717) is 43.2 Å². The molecule has 11 heteroatoms. The number of nitrogens with zero attached hydrogens (tertiary/aromatic N) is 3.